The topological polar surface area (TPSA) is 41.5 Å². The van der Waals surface area contributed by atoms with Crippen molar-refractivity contribution in [2.45, 2.75) is 45.3 Å². The van der Waals surface area contributed by atoms with E-state index in [0.29, 0.717) is 18.5 Å². The van der Waals surface area contributed by atoms with Crippen molar-refractivity contribution in [2.24, 2.45) is 11.8 Å². The number of aliphatic hydroxyl groups excluding tert-OH is 1. The van der Waals surface area contributed by atoms with Crippen LogP contribution in [0, 0.1) is 11.8 Å². The highest BCUT2D eigenvalue weighted by Crippen LogP contribution is 2.29. The van der Waals surface area contributed by atoms with Crippen molar-refractivity contribution in [1.82, 2.24) is 5.32 Å². The number of rotatable bonds is 5. The average molecular weight is 277 g/mol. The first-order valence-corrected chi connectivity index (χ1v) is 7.67. The van der Waals surface area contributed by atoms with Crippen LogP contribution < -0.4 is 10.1 Å². The molecule has 1 aliphatic rings. The minimum absolute atomic E-state index is 0.477. The summed E-state index contributed by atoms with van der Waals surface area (Å²) in [6.07, 6.45) is 3.36. The summed E-state index contributed by atoms with van der Waals surface area (Å²) in [6, 6.07) is 8.19. The third kappa shape index (κ3) is 3.74. The van der Waals surface area contributed by atoms with Gasteiger partial charge in [0, 0.05) is 12.6 Å². The van der Waals surface area contributed by atoms with E-state index in [4.69, 9.17) is 4.74 Å². The van der Waals surface area contributed by atoms with Crippen molar-refractivity contribution in [1.29, 1.82) is 0 Å². The fourth-order valence-corrected chi connectivity index (χ4v) is 3.10. The molecule has 1 aromatic rings. The summed E-state index contributed by atoms with van der Waals surface area (Å²) in [6.45, 7) is 5.26. The van der Waals surface area contributed by atoms with Crippen molar-refractivity contribution in [3.63, 3.8) is 0 Å². The van der Waals surface area contributed by atoms with Crippen LogP contribution in [-0.2, 0) is 0 Å². The molecule has 1 aromatic carbocycles. The fourth-order valence-electron chi connectivity index (χ4n) is 3.10. The standard InChI is InChI=1S/C17H27NO2/c1-12-6-4-9-16(13(12)2)18-11-17(19)14-7-5-8-15(10-14)20-3/h5,7-8,10,12-13,16-19H,4,6,9,11H2,1-3H3. The van der Waals surface area contributed by atoms with E-state index in [0.717, 1.165) is 17.2 Å². The molecule has 2 N–H and O–H groups in total. The number of ether oxygens (including phenoxy) is 1. The van der Waals surface area contributed by atoms with Crippen molar-refractivity contribution in [3.05, 3.63) is 29.8 Å². The second-order valence-corrected chi connectivity index (χ2v) is 6.07. The molecule has 0 spiro atoms. The lowest BCUT2D eigenvalue weighted by molar-refractivity contribution is 0.144. The molecule has 112 valence electrons. The van der Waals surface area contributed by atoms with Gasteiger partial charge in [-0.3, -0.25) is 0 Å². The molecule has 2 rings (SSSR count). The van der Waals surface area contributed by atoms with Gasteiger partial charge in [0.15, 0.2) is 0 Å². The van der Waals surface area contributed by atoms with Gasteiger partial charge in [-0.1, -0.05) is 38.8 Å². The Bertz CT molecular complexity index is 421. The second-order valence-electron chi connectivity index (χ2n) is 6.07. The molecular formula is C17H27NO2. The highest BCUT2D eigenvalue weighted by atomic mass is 16.5. The normalized spacial score (nSPS) is 28.1. The molecule has 20 heavy (non-hydrogen) atoms. The van der Waals surface area contributed by atoms with E-state index in [1.165, 1.54) is 19.3 Å². The molecule has 0 aliphatic heterocycles. The van der Waals surface area contributed by atoms with Gasteiger partial charge in [-0.25, -0.2) is 0 Å². The Morgan fingerprint density at radius 2 is 2.15 bits per heavy atom. The van der Waals surface area contributed by atoms with E-state index in [1.807, 2.05) is 24.3 Å². The quantitative estimate of drug-likeness (QED) is 0.869. The third-order valence-electron chi connectivity index (χ3n) is 4.76. The molecule has 0 radical (unpaired) electrons. The monoisotopic (exact) mass is 277 g/mol. The van der Waals surface area contributed by atoms with E-state index >= 15 is 0 Å². The van der Waals surface area contributed by atoms with Gasteiger partial charge in [-0.05, 0) is 36.0 Å². The minimum atomic E-state index is -0.477. The molecule has 0 bridgehead atoms. The highest BCUT2D eigenvalue weighted by molar-refractivity contribution is 5.29. The molecule has 3 nitrogen and oxygen atoms in total. The summed E-state index contributed by atoms with van der Waals surface area (Å²) in [4.78, 5) is 0. The Balaban J connectivity index is 1.89. The van der Waals surface area contributed by atoms with Crippen LogP contribution in [0.5, 0.6) is 5.75 Å². The molecule has 3 heteroatoms. The molecule has 1 fully saturated rings. The molecule has 0 saturated heterocycles. The number of aliphatic hydroxyl groups is 1. The summed E-state index contributed by atoms with van der Waals surface area (Å²) in [5.41, 5.74) is 0.911. The van der Waals surface area contributed by atoms with Crippen LogP contribution in [0.1, 0.15) is 44.8 Å². The van der Waals surface area contributed by atoms with Crippen LogP contribution >= 0.6 is 0 Å². The Hall–Kier alpha value is -1.06. The molecule has 0 aromatic heterocycles. The first kappa shape index (κ1) is 15.3. The predicted molar refractivity (Wildman–Crippen MR) is 81.9 cm³/mol. The Morgan fingerprint density at radius 3 is 2.90 bits per heavy atom. The van der Waals surface area contributed by atoms with E-state index in [1.54, 1.807) is 7.11 Å². The lowest BCUT2D eigenvalue weighted by atomic mass is 9.78. The molecule has 4 atom stereocenters. The summed E-state index contributed by atoms with van der Waals surface area (Å²) in [5, 5.41) is 13.9. The first-order chi connectivity index (χ1) is 9.61. The maximum absolute atomic E-state index is 10.3. The van der Waals surface area contributed by atoms with E-state index < -0.39 is 6.10 Å². The van der Waals surface area contributed by atoms with Crippen molar-refractivity contribution >= 4 is 0 Å². The Labute approximate surface area is 122 Å². The Kier molecular flexibility index (Phi) is 5.44. The number of hydrogen-bond acceptors (Lipinski definition) is 3. The van der Waals surface area contributed by atoms with Crippen molar-refractivity contribution in [3.8, 4) is 5.75 Å². The van der Waals surface area contributed by atoms with Crippen LogP contribution in [-0.4, -0.2) is 24.8 Å². The number of methoxy groups -OCH3 is 1. The van der Waals surface area contributed by atoms with Gasteiger partial charge < -0.3 is 15.2 Å². The van der Waals surface area contributed by atoms with Crippen LogP contribution in [0.25, 0.3) is 0 Å². The third-order valence-corrected chi connectivity index (χ3v) is 4.76. The lowest BCUT2D eigenvalue weighted by Gasteiger charge is -2.35. The maximum Gasteiger partial charge on any atom is 0.119 e. The molecule has 1 saturated carbocycles. The summed E-state index contributed by atoms with van der Waals surface area (Å²) < 4.78 is 5.20. The highest BCUT2D eigenvalue weighted by Gasteiger charge is 2.27. The summed E-state index contributed by atoms with van der Waals surface area (Å²) in [7, 11) is 1.65. The first-order valence-electron chi connectivity index (χ1n) is 7.67. The molecular weight excluding hydrogens is 250 g/mol. The van der Waals surface area contributed by atoms with Crippen LogP contribution in [0.15, 0.2) is 24.3 Å². The Morgan fingerprint density at radius 1 is 1.35 bits per heavy atom. The molecule has 0 amide bonds. The SMILES string of the molecule is COc1cccc(C(O)CNC2CCCC(C)C2C)c1. The summed E-state index contributed by atoms with van der Waals surface area (Å²) >= 11 is 0. The smallest absolute Gasteiger partial charge is 0.119 e. The van der Waals surface area contributed by atoms with Gasteiger partial charge in [-0.15, -0.1) is 0 Å². The van der Waals surface area contributed by atoms with Gasteiger partial charge in [0.2, 0.25) is 0 Å². The zero-order chi connectivity index (χ0) is 14.5. The van der Waals surface area contributed by atoms with E-state index in [2.05, 4.69) is 19.2 Å². The minimum Gasteiger partial charge on any atom is -0.497 e. The van der Waals surface area contributed by atoms with Crippen molar-refractivity contribution in [2.75, 3.05) is 13.7 Å². The second kappa shape index (κ2) is 7.09. The number of hydrogen-bond donors (Lipinski definition) is 2. The largest absolute Gasteiger partial charge is 0.497 e. The van der Waals surface area contributed by atoms with Gasteiger partial charge in [0.1, 0.15) is 5.75 Å². The van der Waals surface area contributed by atoms with Gasteiger partial charge >= 0.3 is 0 Å². The molecule has 1 aliphatic carbocycles. The molecule has 0 heterocycles. The zero-order valence-corrected chi connectivity index (χ0v) is 12.8. The molecule has 4 unspecified atom stereocenters. The maximum atomic E-state index is 10.3. The van der Waals surface area contributed by atoms with Gasteiger partial charge in [0.25, 0.3) is 0 Å². The summed E-state index contributed by atoms with van der Waals surface area (Å²) in [5.74, 6) is 2.25. The lowest BCUT2D eigenvalue weighted by Crippen LogP contribution is -2.42. The predicted octanol–water partition coefficient (Wildman–Crippen LogP) is 3.14. The van der Waals surface area contributed by atoms with Crippen LogP contribution in [0.4, 0.5) is 0 Å². The van der Waals surface area contributed by atoms with E-state index in [-0.39, 0.29) is 0 Å². The number of benzene rings is 1. The van der Waals surface area contributed by atoms with E-state index in [9.17, 15) is 5.11 Å². The van der Waals surface area contributed by atoms with Crippen LogP contribution in [0.3, 0.4) is 0 Å². The fraction of sp³-hybridized carbons (Fsp3) is 0.647. The van der Waals surface area contributed by atoms with Gasteiger partial charge in [0.05, 0.1) is 13.2 Å². The average Bonchev–Trinajstić information content (AvgIpc) is 2.48. The van der Waals surface area contributed by atoms with Crippen molar-refractivity contribution < 1.29 is 9.84 Å². The van der Waals surface area contributed by atoms with Crippen LogP contribution in [0.2, 0.25) is 0 Å². The number of nitrogens with one attached hydrogen (secondary N) is 1. The zero-order valence-electron chi connectivity index (χ0n) is 12.8. The van der Waals surface area contributed by atoms with Gasteiger partial charge in [-0.2, -0.15) is 0 Å².